The van der Waals surface area contributed by atoms with Gasteiger partial charge < -0.3 is 0 Å². The molecule has 2 rings (SSSR count). The summed E-state index contributed by atoms with van der Waals surface area (Å²) in [5, 5.41) is 11.5. The molecule has 1 N–H and O–H groups in total. The van der Waals surface area contributed by atoms with Crippen molar-refractivity contribution in [1.29, 1.82) is 5.26 Å². The number of rotatable bonds is 3. The molecule has 6 heteroatoms. The third-order valence-corrected chi connectivity index (χ3v) is 3.23. The van der Waals surface area contributed by atoms with Crippen molar-refractivity contribution >= 4 is 22.6 Å². The van der Waals surface area contributed by atoms with Gasteiger partial charge in [-0.05, 0) is 24.3 Å². The number of benzene rings is 1. The lowest BCUT2D eigenvalue weighted by Crippen LogP contribution is -2.13. The Morgan fingerprint density at radius 2 is 2.10 bits per heavy atom. The van der Waals surface area contributed by atoms with Crippen LogP contribution in [0.15, 0.2) is 53.7 Å². The number of nitrogens with one attached hydrogen (secondary N) is 1. The Kier molecular flexibility index (Phi) is 5.09. The van der Waals surface area contributed by atoms with E-state index in [2.05, 4.69) is 15.3 Å². The molecule has 0 aliphatic carbocycles. The van der Waals surface area contributed by atoms with E-state index in [0.29, 0.717) is 10.9 Å². The lowest BCUT2D eigenvalue weighted by Gasteiger charge is -2.04. The van der Waals surface area contributed by atoms with Crippen LogP contribution in [0.4, 0.5) is 10.1 Å². The van der Waals surface area contributed by atoms with Crippen LogP contribution >= 0.6 is 11.8 Å². The Balaban J connectivity index is 2.11. The second-order valence-corrected chi connectivity index (χ2v) is 4.68. The molecule has 0 unspecified atom stereocenters. The summed E-state index contributed by atoms with van der Waals surface area (Å²) in [6, 6.07) is 11.7. The van der Waals surface area contributed by atoms with Crippen molar-refractivity contribution < 1.29 is 4.39 Å². The zero-order chi connectivity index (χ0) is 14.2. The molecule has 4 nitrogen and oxygen atoms in total. The molecule has 0 atom stereocenters. The second-order valence-electron chi connectivity index (χ2n) is 3.71. The van der Waals surface area contributed by atoms with Gasteiger partial charge in [-0.3, -0.25) is 10.3 Å². The molecule has 1 aromatic heterocycles. The van der Waals surface area contributed by atoms with Crippen LogP contribution in [-0.2, 0) is 5.75 Å². The normalized spacial score (nSPS) is 10.9. The van der Waals surface area contributed by atoms with Crippen molar-refractivity contribution in [3.63, 3.8) is 0 Å². The van der Waals surface area contributed by atoms with Gasteiger partial charge in [0.2, 0.25) is 0 Å². The van der Waals surface area contributed by atoms with E-state index >= 15 is 0 Å². The van der Waals surface area contributed by atoms with E-state index in [4.69, 9.17) is 5.26 Å². The van der Waals surface area contributed by atoms with E-state index in [0.717, 1.165) is 5.69 Å². The number of aromatic nitrogens is 1. The summed E-state index contributed by atoms with van der Waals surface area (Å²) in [6.07, 6.45) is 3.50. The summed E-state index contributed by atoms with van der Waals surface area (Å²) < 4.78 is 13.5. The van der Waals surface area contributed by atoms with Crippen LogP contribution in [0.2, 0.25) is 0 Å². The van der Waals surface area contributed by atoms with Crippen molar-refractivity contribution in [2.24, 2.45) is 4.99 Å². The van der Waals surface area contributed by atoms with Crippen molar-refractivity contribution in [1.82, 2.24) is 10.3 Å². The third-order valence-electron chi connectivity index (χ3n) is 2.32. The molecule has 20 heavy (non-hydrogen) atoms. The highest BCUT2D eigenvalue weighted by molar-refractivity contribution is 8.13. The molecule has 0 aliphatic rings. The number of nitriles is 1. The maximum absolute atomic E-state index is 13.5. The number of nitrogens with zero attached hydrogens (tertiary/aromatic N) is 3. The fourth-order valence-electron chi connectivity index (χ4n) is 1.42. The molecule has 1 aromatic carbocycles. The first-order valence-corrected chi connectivity index (χ1v) is 6.79. The molecular weight excluding hydrogens is 275 g/mol. The Morgan fingerprint density at radius 3 is 2.80 bits per heavy atom. The first-order valence-electron chi connectivity index (χ1n) is 5.80. The molecule has 0 bridgehead atoms. The lowest BCUT2D eigenvalue weighted by atomic mass is 10.3. The minimum atomic E-state index is -0.428. The van der Waals surface area contributed by atoms with Crippen molar-refractivity contribution in [3.8, 4) is 6.19 Å². The van der Waals surface area contributed by atoms with E-state index in [1.807, 2.05) is 18.2 Å². The molecule has 0 saturated heterocycles. The number of thioether (sulfide) groups is 1. The maximum Gasteiger partial charge on any atom is 0.183 e. The Labute approximate surface area is 120 Å². The summed E-state index contributed by atoms with van der Waals surface area (Å²) in [6.45, 7) is 0. The average Bonchev–Trinajstić information content (AvgIpc) is 2.48. The van der Waals surface area contributed by atoms with E-state index in [9.17, 15) is 4.39 Å². The topological polar surface area (TPSA) is 61.1 Å². The number of aliphatic imine (C=N–C) groups is 1. The van der Waals surface area contributed by atoms with E-state index in [1.165, 1.54) is 17.8 Å². The molecule has 2 aromatic rings. The predicted octanol–water partition coefficient (Wildman–Crippen LogP) is 3.21. The van der Waals surface area contributed by atoms with Gasteiger partial charge in [0.25, 0.3) is 0 Å². The minimum absolute atomic E-state index is 0.193. The fourth-order valence-corrected chi connectivity index (χ4v) is 2.16. The van der Waals surface area contributed by atoms with Crippen LogP contribution in [0.5, 0.6) is 0 Å². The van der Waals surface area contributed by atoms with Crippen molar-refractivity contribution in [2.75, 3.05) is 0 Å². The standard InChI is InChI=1S/C14H11FN4S/c15-12-6-1-2-7-13(12)19-14(18-10-16)20-9-11-5-3-4-8-17-11/h1-8H,9H2,(H,18,19). The van der Waals surface area contributed by atoms with Crippen LogP contribution in [0.1, 0.15) is 5.69 Å². The largest absolute Gasteiger partial charge is 0.271 e. The van der Waals surface area contributed by atoms with Gasteiger partial charge in [-0.1, -0.05) is 30.0 Å². The van der Waals surface area contributed by atoms with Crippen LogP contribution in [0.3, 0.4) is 0 Å². The highest BCUT2D eigenvalue weighted by Crippen LogP contribution is 2.19. The molecule has 0 fully saturated rings. The van der Waals surface area contributed by atoms with Gasteiger partial charge >= 0.3 is 0 Å². The first kappa shape index (κ1) is 14.0. The van der Waals surface area contributed by atoms with Crippen LogP contribution < -0.4 is 5.32 Å². The number of hydrogen-bond donors (Lipinski definition) is 1. The van der Waals surface area contributed by atoms with Crippen LogP contribution in [0.25, 0.3) is 0 Å². The number of para-hydroxylation sites is 1. The summed E-state index contributed by atoms with van der Waals surface area (Å²) in [7, 11) is 0. The summed E-state index contributed by atoms with van der Waals surface area (Å²) in [5.74, 6) is 0.117. The Hall–Kier alpha value is -2.39. The Bertz CT molecular complexity index is 637. The molecule has 100 valence electrons. The van der Waals surface area contributed by atoms with E-state index in [1.54, 1.807) is 30.6 Å². The quantitative estimate of drug-likeness (QED) is 0.407. The Morgan fingerprint density at radius 1 is 1.30 bits per heavy atom. The first-order chi connectivity index (χ1) is 9.79. The van der Waals surface area contributed by atoms with E-state index in [-0.39, 0.29) is 5.69 Å². The molecule has 0 spiro atoms. The van der Waals surface area contributed by atoms with Gasteiger partial charge in [0, 0.05) is 11.9 Å². The highest BCUT2D eigenvalue weighted by atomic mass is 32.2. The highest BCUT2D eigenvalue weighted by Gasteiger charge is 2.04. The predicted molar refractivity (Wildman–Crippen MR) is 77.8 cm³/mol. The second kappa shape index (κ2) is 7.26. The van der Waals surface area contributed by atoms with Gasteiger partial charge in [-0.2, -0.15) is 5.26 Å². The summed E-state index contributed by atoms with van der Waals surface area (Å²) in [4.78, 5) is 8.28. The zero-order valence-electron chi connectivity index (χ0n) is 10.5. The molecule has 0 saturated carbocycles. The monoisotopic (exact) mass is 286 g/mol. The molecule has 0 aliphatic heterocycles. The maximum atomic E-state index is 13.5. The number of hydrogen-bond acceptors (Lipinski definition) is 4. The van der Waals surface area contributed by atoms with Gasteiger partial charge in [0.1, 0.15) is 11.5 Å². The van der Waals surface area contributed by atoms with Crippen LogP contribution in [0, 0.1) is 17.3 Å². The summed E-state index contributed by atoms with van der Waals surface area (Å²) in [5.41, 5.74) is 1.05. The third kappa shape index (κ3) is 4.07. The van der Waals surface area contributed by atoms with Crippen molar-refractivity contribution in [3.05, 3.63) is 60.2 Å². The molecular formula is C14H11FN4S. The molecule has 0 amide bonds. The van der Waals surface area contributed by atoms with E-state index < -0.39 is 5.82 Å². The SMILES string of the molecule is N#CNC(=Nc1ccccc1F)SCc1ccccn1. The number of amidine groups is 1. The average molecular weight is 286 g/mol. The van der Waals surface area contributed by atoms with Gasteiger partial charge in [-0.15, -0.1) is 0 Å². The molecule has 0 radical (unpaired) electrons. The van der Waals surface area contributed by atoms with Gasteiger partial charge in [0.05, 0.1) is 5.69 Å². The minimum Gasteiger partial charge on any atom is -0.271 e. The van der Waals surface area contributed by atoms with Gasteiger partial charge in [0.15, 0.2) is 11.4 Å². The van der Waals surface area contributed by atoms with Gasteiger partial charge in [-0.25, -0.2) is 9.38 Å². The fraction of sp³-hybridized carbons (Fsp3) is 0.0714. The zero-order valence-corrected chi connectivity index (χ0v) is 11.3. The number of halogens is 1. The summed E-state index contributed by atoms with van der Waals surface area (Å²) >= 11 is 1.29. The smallest absolute Gasteiger partial charge is 0.183 e. The van der Waals surface area contributed by atoms with Crippen molar-refractivity contribution in [2.45, 2.75) is 5.75 Å². The molecule has 1 heterocycles. The lowest BCUT2D eigenvalue weighted by molar-refractivity contribution is 0.630. The number of pyridine rings is 1. The van der Waals surface area contributed by atoms with Crippen LogP contribution in [-0.4, -0.2) is 10.2 Å².